The van der Waals surface area contributed by atoms with E-state index >= 15 is 0 Å². The lowest BCUT2D eigenvalue weighted by atomic mass is 10.4. The minimum Gasteiger partial charge on any atom is -0.303 e. The van der Waals surface area contributed by atoms with Crippen LogP contribution < -0.4 is 0 Å². The maximum absolute atomic E-state index is 9.94. The van der Waals surface area contributed by atoms with Crippen molar-refractivity contribution in [2.75, 3.05) is 19.6 Å². The van der Waals surface area contributed by atoms with Gasteiger partial charge in [0.05, 0.1) is 0 Å². The van der Waals surface area contributed by atoms with E-state index in [2.05, 4.69) is 11.0 Å². The van der Waals surface area contributed by atoms with Crippen molar-refractivity contribution in [3.05, 3.63) is 12.2 Å². The monoisotopic (exact) mass is 153 g/mol. The number of carbonyl (C=O) groups is 1. The van der Waals surface area contributed by atoms with E-state index in [1.54, 1.807) is 0 Å². The fourth-order valence-corrected chi connectivity index (χ4v) is 1.34. The molecule has 0 radical (unpaired) electrons. The number of allylic oxidation sites excluding steroid dienone is 1. The Hall–Kier alpha value is -0.630. The summed E-state index contributed by atoms with van der Waals surface area (Å²) in [5.41, 5.74) is 0. The van der Waals surface area contributed by atoms with Gasteiger partial charge in [0.2, 0.25) is 0 Å². The number of aldehydes is 1. The quantitative estimate of drug-likeness (QED) is 0.447. The Morgan fingerprint density at radius 3 is 2.55 bits per heavy atom. The molecule has 1 saturated heterocycles. The first-order chi connectivity index (χ1) is 5.43. The van der Waals surface area contributed by atoms with Crippen LogP contribution in [0.15, 0.2) is 12.2 Å². The highest BCUT2D eigenvalue weighted by Crippen LogP contribution is 2.06. The fourth-order valence-electron chi connectivity index (χ4n) is 1.34. The molecule has 0 aromatic heterocycles. The number of rotatable bonds is 4. The van der Waals surface area contributed by atoms with Crippen molar-refractivity contribution in [3.63, 3.8) is 0 Å². The van der Waals surface area contributed by atoms with Gasteiger partial charge in [0.15, 0.2) is 0 Å². The van der Waals surface area contributed by atoms with Crippen LogP contribution in [0.2, 0.25) is 0 Å². The largest absolute Gasteiger partial charge is 0.303 e. The first kappa shape index (κ1) is 8.47. The zero-order chi connectivity index (χ0) is 7.94. The van der Waals surface area contributed by atoms with Crippen molar-refractivity contribution in [2.24, 2.45) is 0 Å². The maximum Gasteiger partial charge on any atom is 0.123 e. The number of hydrogen-bond acceptors (Lipinski definition) is 2. The van der Waals surface area contributed by atoms with E-state index < -0.39 is 0 Å². The Labute approximate surface area is 67.9 Å². The summed E-state index contributed by atoms with van der Waals surface area (Å²) in [5, 5.41) is 0. The molecule has 0 spiro atoms. The maximum atomic E-state index is 9.94. The Balaban J connectivity index is 2.05. The summed E-state index contributed by atoms with van der Waals surface area (Å²) in [5.74, 6) is 0. The standard InChI is InChI=1S/C9H15NO/c11-9-5-1-2-6-10-7-3-4-8-10/h1-2,9H,3-8H2/b2-1+. The van der Waals surface area contributed by atoms with E-state index in [4.69, 9.17) is 0 Å². The molecule has 0 N–H and O–H groups in total. The number of carbonyl (C=O) groups excluding carboxylic acids is 1. The van der Waals surface area contributed by atoms with E-state index in [0.717, 1.165) is 12.8 Å². The summed E-state index contributed by atoms with van der Waals surface area (Å²) in [4.78, 5) is 12.3. The number of nitrogens with zero attached hydrogens (tertiary/aromatic N) is 1. The van der Waals surface area contributed by atoms with Gasteiger partial charge >= 0.3 is 0 Å². The zero-order valence-corrected chi connectivity index (χ0v) is 6.83. The van der Waals surface area contributed by atoms with Crippen LogP contribution >= 0.6 is 0 Å². The highest BCUT2D eigenvalue weighted by atomic mass is 16.1. The lowest BCUT2D eigenvalue weighted by Crippen LogP contribution is -2.18. The highest BCUT2D eigenvalue weighted by Gasteiger charge is 2.08. The molecule has 11 heavy (non-hydrogen) atoms. The molecule has 1 fully saturated rings. The van der Waals surface area contributed by atoms with Crippen molar-refractivity contribution in [1.29, 1.82) is 0 Å². The lowest BCUT2D eigenvalue weighted by molar-refractivity contribution is -0.107. The SMILES string of the molecule is O=CC/C=C/CN1CCCC1. The number of likely N-dealkylation sites (tertiary alicyclic amines) is 1. The van der Waals surface area contributed by atoms with E-state index in [9.17, 15) is 4.79 Å². The normalized spacial score (nSPS) is 19.6. The molecule has 0 aromatic rings. The molecule has 1 rings (SSSR count). The molecule has 1 aliphatic heterocycles. The smallest absolute Gasteiger partial charge is 0.123 e. The minimum atomic E-state index is 0.563. The van der Waals surface area contributed by atoms with Crippen LogP contribution in [0, 0.1) is 0 Å². The van der Waals surface area contributed by atoms with Gasteiger partial charge in [-0.05, 0) is 25.9 Å². The molecular formula is C9H15NO. The third kappa shape index (κ3) is 3.33. The molecule has 0 saturated carbocycles. The first-order valence-electron chi connectivity index (χ1n) is 4.24. The molecule has 0 atom stereocenters. The fraction of sp³-hybridized carbons (Fsp3) is 0.667. The summed E-state index contributed by atoms with van der Waals surface area (Å²) >= 11 is 0. The molecule has 0 bridgehead atoms. The Bertz CT molecular complexity index is 136. The molecule has 0 unspecified atom stereocenters. The van der Waals surface area contributed by atoms with Crippen molar-refractivity contribution in [2.45, 2.75) is 19.3 Å². The minimum absolute atomic E-state index is 0.563. The average Bonchev–Trinajstić information content (AvgIpc) is 2.50. The molecule has 2 heteroatoms. The summed E-state index contributed by atoms with van der Waals surface area (Å²) in [7, 11) is 0. The highest BCUT2D eigenvalue weighted by molar-refractivity contribution is 5.51. The Kier molecular flexibility index (Phi) is 3.91. The predicted molar refractivity (Wildman–Crippen MR) is 45.5 cm³/mol. The van der Waals surface area contributed by atoms with Gasteiger partial charge in [0.25, 0.3) is 0 Å². The molecule has 0 aliphatic carbocycles. The summed E-state index contributed by atoms with van der Waals surface area (Å²) in [6, 6.07) is 0. The van der Waals surface area contributed by atoms with Crippen molar-refractivity contribution in [1.82, 2.24) is 4.90 Å². The molecule has 0 aromatic carbocycles. The molecule has 62 valence electrons. The van der Waals surface area contributed by atoms with Gasteiger partial charge in [-0.15, -0.1) is 0 Å². The van der Waals surface area contributed by atoms with Gasteiger partial charge in [-0.25, -0.2) is 0 Å². The van der Waals surface area contributed by atoms with Crippen LogP contribution in [0.1, 0.15) is 19.3 Å². The Morgan fingerprint density at radius 1 is 1.18 bits per heavy atom. The number of hydrogen-bond donors (Lipinski definition) is 0. The molecule has 1 heterocycles. The van der Waals surface area contributed by atoms with Gasteiger partial charge in [0.1, 0.15) is 6.29 Å². The van der Waals surface area contributed by atoms with E-state index in [1.165, 1.54) is 25.9 Å². The van der Waals surface area contributed by atoms with Crippen LogP contribution in [0.4, 0.5) is 0 Å². The third-order valence-electron chi connectivity index (χ3n) is 1.96. The van der Waals surface area contributed by atoms with Gasteiger partial charge in [0, 0.05) is 13.0 Å². The van der Waals surface area contributed by atoms with Crippen LogP contribution in [-0.4, -0.2) is 30.8 Å². The summed E-state index contributed by atoms with van der Waals surface area (Å²) < 4.78 is 0. The molecule has 0 amide bonds. The van der Waals surface area contributed by atoms with Crippen molar-refractivity contribution < 1.29 is 4.79 Å². The molecule has 1 aliphatic rings. The van der Waals surface area contributed by atoms with Crippen molar-refractivity contribution in [3.8, 4) is 0 Å². The molecular weight excluding hydrogens is 138 g/mol. The second kappa shape index (κ2) is 5.08. The molecule has 2 nitrogen and oxygen atoms in total. The average molecular weight is 153 g/mol. The van der Waals surface area contributed by atoms with Gasteiger partial charge in [-0.1, -0.05) is 12.2 Å². The lowest BCUT2D eigenvalue weighted by Gasteiger charge is -2.09. The second-order valence-corrected chi connectivity index (χ2v) is 2.88. The van der Waals surface area contributed by atoms with Crippen LogP contribution in [0.5, 0.6) is 0 Å². The van der Waals surface area contributed by atoms with Gasteiger partial charge in [-0.2, -0.15) is 0 Å². The topological polar surface area (TPSA) is 20.3 Å². The van der Waals surface area contributed by atoms with Gasteiger partial charge in [-0.3, -0.25) is 4.90 Å². The van der Waals surface area contributed by atoms with Crippen molar-refractivity contribution >= 4 is 6.29 Å². The summed E-state index contributed by atoms with van der Waals surface area (Å²) in [6.07, 6.45) is 8.18. The van der Waals surface area contributed by atoms with E-state index in [-0.39, 0.29) is 0 Å². The van der Waals surface area contributed by atoms with E-state index in [0.29, 0.717) is 6.42 Å². The van der Waals surface area contributed by atoms with Crippen LogP contribution in [-0.2, 0) is 4.79 Å². The predicted octanol–water partition coefficient (Wildman–Crippen LogP) is 1.23. The van der Waals surface area contributed by atoms with E-state index in [1.807, 2.05) is 6.08 Å². The van der Waals surface area contributed by atoms with Crippen LogP contribution in [0.25, 0.3) is 0 Å². The Morgan fingerprint density at radius 2 is 1.91 bits per heavy atom. The summed E-state index contributed by atoms with van der Waals surface area (Å²) in [6.45, 7) is 3.48. The second-order valence-electron chi connectivity index (χ2n) is 2.88. The third-order valence-corrected chi connectivity index (χ3v) is 1.96. The first-order valence-corrected chi connectivity index (χ1v) is 4.24. The van der Waals surface area contributed by atoms with Crippen LogP contribution in [0.3, 0.4) is 0 Å². The zero-order valence-electron chi connectivity index (χ0n) is 6.83. The van der Waals surface area contributed by atoms with Gasteiger partial charge < -0.3 is 4.79 Å².